The number of rotatable bonds is 1. The fourth-order valence-electron chi connectivity index (χ4n) is 3.64. The average molecular weight is 380 g/mol. The molecule has 1 unspecified atom stereocenters. The third-order valence-electron chi connectivity index (χ3n) is 5.01. The van der Waals surface area contributed by atoms with Gasteiger partial charge in [-0.2, -0.15) is 0 Å². The van der Waals surface area contributed by atoms with E-state index >= 15 is 0 Å². The maximum Gasteiger partial charge on any atom is 0.0613 e. The van der Waals surface area contributed by atoms with Crippen molar-refractivity contribution in [1.82, 2.24) is 9.47 Å². The van der Waals surface area contributed by atoms with E-state index in [4.69, 9.17) is 34.8 Å². The molecular weight excluding hydrogens is 363 g/mol. The molecule has 124 valence electrons. The van der Waals surface area contributed by atoms with Crippen molar-refractivity contribution >= 4 is 45.7 Å². The summed E-state index contributed by atoms with van der Waals surface area (Å²) in [5.74, 6) is 0. The van der Waals surface area contributed by atoms with Crippen LogP contribution in [0.2, 0.25) is 15.1 Å². The highest BCUT2D eigenvalue weighted by Crippen LogP contribution is 2.40. The predicted molar refractivity (Wildman–Crippen MR) is 103 cm³/mol. The number of hydrogen-bond acceptors (Lipinski definition) is 1. The Morgan fingerprint density at radius 2 is 1.79 bits per heavy atom. The van der Waals surface area contributed by atoms with E-state index in [9.17, 15) is 0 Å². The molecule has 3 aromatic rings. The summed E-state index contributed by atoms with van der Waals surface area (Å²) in [7, 11) is 2.16. The summed E-state index contributed by atoms with van der Waals surface area (Å²) >= 11 is 18.7. The third-order valence-corrected chi connectivity index (χ3v) is 5.98. The molecule has 0 radical (unpaired) electrons. The van der Waals surface area contributed by atoms with E-state index in [2.05, 4.69) is 35.6 Å². The van der Waals surface area contributed by atoms with Gasteiger partial charge in [0.25, 0.3) is 0 Å². The predicted octanol–water partition coefficient (Wildman–Crippen LogP) is 6.14. The molecule has 2 heterocycles. The zero-order valence-electron chi connectivity index (χ0n) is 13.5. The number of hydrogen-bond donors (Lipinski definition) is 0. The Balaban J connectivity index is 2.08. The van der Waals surface area contributed by atoms with E-state index in [0.29, 0.717) is 16.1 Å². The second-order valence-corrected chi connectivity index (χ2v) is 7.62. The van der Waals surface area contributed by atoms with Crippen LogP contribution in [0.15, 0.2) is 36.4 Å². The number of likely N-dealkylation sites (N-methyl/N-ethyl adjacent to an activating group) is 1. The number of aromatic nitrogens is 1. The van der Waals surface area contributed by atoms with Crippen molar-refractivity contribution < 1.29 is 0 Å². The zero-order valence-corrected chi connectivity index (χ0v) is 15.8. The van der Waals surface area contributed by atoms with Gasteiger partial charge in [-0.3, -0.25) is 4.90 Å². The number of benzene rings is 2. The second kappa shape index (κ2) is 5.96. The van der Waals surface area contributed by atoms with E-state index in [-0.39, 0.29) is 0 Å². The van der Waals surface area contributed by atoms with E-state index in [1.807, 2.05) is 24.3 Å². The fourth-order valence-corrected chi connectivity index (χ4v) is 4.11. The highest BCUT2D eigenvalue weighted by Gasteiger charge is 2.28. The highest BCUT2D eigenvalue weighted by molar-refractivity contribution is 6.42. The molecule has 2 aromatic carbocycles. The molecule has 1 aliphatic heterocycles. The third kappa shape index (κ3) is 2.44. The Kier molecular flexibility index (Phi) is 4.04. The number of fused-ring (bicyclic) bond motifs is 3. The van der Waals surface area contributed by atoms with Crippen LogP contribution in [0.25, 0.3) is 16.6 Å². The molecule has 24 heavy (non-hydrogen) atoms. The first-order chi connectivity index (χ1) is 11.5. The summed E-state index contributed by atoms with van der Waals surface area (Å²) in [6.07, 6.45) is 1.02. The number of halogens is 3. The molecule has 0 amide bonds. The van der Waals surface area contributed by atoms with Gasteiger partial charge >= 0.3 is 0 Å². The molecule has 0 spiro atoms. The first kappa shape index (κ1) is 16.3. The molecule has 1 aliphatic rings. The summed E-state index contributed by atoms with van der Waals surface area (Å²) in [5, 5.41) is 3.13. The summed E-state index contributed by atoms with van der Waals surface area (Å²) in [5.41, 5.74) is 4.87. The molecule has 0 saturated carbocycles. The molecular formula is C19H17Cl3N2. The van der Waals surface area contributed by atoms with Gasteiger partial charge in [0.05, 0.1) is 15.6 Å². The van der Waals surface area contributed by atoms with E-state index in [0.717, 1.165) is 29.2 Å². The average Bonchev–Trinajstić information content (AvgIpc) is 2.88. The fraction of sp³-hybridized carbons (Fsp3) is 0.263. The lowest BCUT2D eigenvalue weighted by Crippen LogP contribution is -2.31. The molecule has 0 bridgehead atoms. The molecule has 0 N–H and O–H groups in total. The molecule has 1 atom stereocenters. The summed E-state index contributed by atoms with van der Waals surface area (Å²) in [6.45, 7) is 3.29. The van der Waals surface area contributed by atoms with E-state index < -0.39 is 0 Å². The van der Waals surface area contributed by atoms with Crippen molar-refractivity contribution in [3.8, 4) is 5.69 Å². The van der Waals surface area contributed by atoms with Crippen molar-refractivity contribution in [2.24, 2.45) is 0 Å². The Bertz CT molecular complexity index is 945. The van der Waals surface area contributed by atoms with E-state index in [1.54, 1.807) is 0 Å². The standard InChI is InChI=1S/C19H17Cl3N2/c1-11-19-14(7-8-23(11)2)15-9-12(20)3-6-18(15)24(19)13-4-5-16(21)17(22)10-13/h3-6,9-11H,7-8H2,1-2H3. The van der Waals surface area contributed by atoms with Crippen LogP contribution in [0.4, 0.5) is 0 Å². The molecule has 0 fully saturated rings. The Morgan fingerprint density at radius 1 is 1.00 bits per heavy atom. The maximum absolute atomic E-state index is 6.28. The van der Waals surface area contributed by atoms with Crippen molar-refractivity contribution in [3.05, 3.63) is 62.7 Å². The van der Waals surface area contributed by atoms with Gasteiger partial charge in [0.2, 0.25) is 0 Å². The Morgan fingerprint density at radius 3 is 2.54 bits per heavy atom. The Hall–Kier alpha value is -1.19. The lowest BCUT2D eigenvalue weighted by Gasteiger charge is -2.31. The summed E-state index contributed by atoms with van der Waals surface area (Å²) < 4.78 is 2.30. The molecule has 2 nitrogen and oxygen atoms in total. The van der Waals surface area contributed by atoms with Gasteiger partial charge in [0, 0.05) is 34.4 Å². The first-order valence-electron chi connectivity index (χ1n) is 7.96. The lowest BCUT2D eigenvalue weighted by molar-refractivity contribution is 0.241. The monoisotopic (exact) mass is 378 g/mol. The van der Waals surface area contributed by atoms with Crippen molar-refractivity contribution in [3.63, 3.8) is 0 Å². The van der Waals surface area contributed by atoms with Gasteiger partial charge in [-0.15, -0.1) is 0 Å². The van der Waals surface area contributed by atoms with Gasteiger partial charge < -0.3 is 4.57 Å². The summed E-state index contributed by atoms with van der Waals surface area (Å²) in [6, 6.07) is 12.2. The summed E-state index contributed by atoms with van der Waals surface area (Å²) in [4.78, 5) is 2.37. The minimum atomic E-state index is 0.314. The van der Waals surface area contributed by atoms with Crippen LogP contribution >= 0.6 is 34.8 Å². The normalized spacial score (nSPS) is 18.1. The van der Waals surface area contributed by atoms with Crippen LogP contribution in [0.5, 0.6) is 0 Å². The molecule has 1 aromatic heterocycles. The molecule has 5 heteroatoms. The van der Waals surface area contributed by atoms with Crippen LogP contribution < -0.4 is 0 Å². The van der Waals surface area contributed by atoms with Crippen molar-refractivity contribution in [1.29, 1.82) is 0 Å². The zero-order chi connectivity index (χ0) is 17.0. The van der Waals surface area contributed by atoms with Crippen LogP contribution in [0, 0.1) is 0 Å². The van der Waals surface area contributed by atoms with Gasteiger partial charge in [-0.1, -0.05) is 34.8 Å². The lowest BCUT2D eigenvalue weighted by atomic mass is 9.99. The molecule has 0 aliphatic carbocycles. The van der Waals surface area contributed by atoms with Gasteiger partial charge in [-0.25, -0.2) is 0 Å². The molecule has 4 rings (SSSR count). The van der Waals surface area contributed by atoms with Crippen LogP contribution in [-0.2, 0) is 6.42 Å². The molecule has 0 saturated heterocycles. The number of nitrogens with zero attached hydrogens (tertiary/aromatic N) is 2. The van der Waals surface area contributed by atoms with Crippen molar-refractivity contribution in [2.45, 2.75) is 19.4 Å². The van der Waals surface area contributed by atoms with Gasteiger partial charge in [0.15, 0.2) is 0 Å². The van der Waals surface area contributed by atoms with Crippen LogP contribution in [0.1, 0.15) is 24.2 Å². The smallest absolute Gasteiger partial charge is 0.0613 e. The maximum atomic E-state index is 6.28. The SMILES string of the molecule is CC1c2c(c3cc(Cl)ccc3n2-c2ccc(Cl)c(Cl)c2)CCN1C. The topological polar surface area (TPSA) is 8.17 Å². The Labute approximate surface area is 156 Å². The van der Waals surface area contributed by atoms with Gasteiger partial charge in [-0.05, 0) is 62.4 Å². The minimum Gasteiger partial charge on any atom is -0.312 e. The van der Waals surface area contributed by atoms with Gasteiger partial charge in [0.1, 0.15) is 0 Å². The second-order valence-electron chi connectivity index (χ2n) is 6.37. The minimum absolute atomic E-state index is 0.314. The highest BCUT2D eigenvalue weighted by atomic mass is 35.5. The van der Waals surface area contributed by atoms with E-state index in [1.165, 1.54) is 16.6 Å². The van der Waals surface area contributed by atoms with Crippen LogP contribution in [-0.4, -0.2) is 23.1 Å². The largest absolute Gasteiger partial charge is 0.312 e. The van der Waals surface area contributed by atoms with Crippen molar-refractivity contribution in [2.75, 3.05) is 13.6 Å². The quantitative estimate of drug-likeness (QED) is 0.493. The first-order valence-corrected chi connectivity index (χ1v) is 9.09. The van der Waals surface area contributed by atoms with Crippen LogP contribution in [0.3, 0.4) is 0 Å².